The van der Waals surface area contributed by atoms with Crippen LogP contribution in [-0.2, 0) is 0 Å². The van der Waals surface area contributed by atoms with Gasteiger partial charge in [0, 0.05) is 21.9 Å². The highest BCUT2D eigenvalue weighted by Gasteiger charge is 2.29. The van der Waals surface area contributed by atoms with Gasteiger partial charge in [-0.25, -0.2) is 4.98 Å². The second-order valence-electron chi connectivity index (χ2n) is 9.62. The van der Waals surface area contributed by atoms with Crippen molar-refractivity contribution in [2.45, 2.75) is 0 Å². The molecule has 0 N–H and O–H groups in total. The summed E-state index contributed by atoms with van der Waals surface area (Å²) in [5, 5.41) is 6.14. The molecule has 8 rings (SSSR count). The Labute approximate surface area is 215 Å². The Balaban J connectivity index is 1.55. The molecule has 6 aromatic carbocycles. The van der Waals surface area contributed by atoms with Crippen molar-refractivity contribution in [2.24, 2.45) is 0 Å². The summed E-state index contributed by atoms with van der Waals surface area (Å²) < 4.78 is 0. The van der Waals surface area contributed by atoms with Crippen LogP contribution in [0.15, 0.2) is 133 Å². The van der Waals surface area contributed by atoms with E-state index >= 15 is 0 Å². The Kier molecular flexibility index (Phi) is 4.26. The molecule has 0 amide bonds. The lowest BCUT2D eigenvalue weighted by Gasteiger charge is -2.34. The van der Waals surface area contributed by atoms with Crippen LogP contribution < -0.4 is 4.90 Å². The first kappa shape index (κ1) is 20.3. The quantitative estimate of drug-likeness (QED) is 0.250. The number of para-hydroxylation sites is 1. The highest BCUT2D eigenvalue weighted by Crippen LogP contribution is 2.54. The molecule has 0 aliphatic carbocycles. The van der Waals surface area contributed by atoms with Gasteiger partial charge in [0.2, 0.25) is 0 Å². The van der Waals surface area contributed by atoms with Crippen molar-refractivity contribution < 1.29 is 0 Å². The third kappa shape index (κ3) is 2.96. The summed E-state index contributed by atoms with van der Waals surface area (Å²) in [4.78, 5) is 7.72. The van der Waals surface area contributed by atoms with Crippen LogP contribution in [0, 0.1) is 0 Å². The standard InChI is InChI=1S/C35H22N2/c1-2-10-23(11-3-1)29-22-26-13-5-7-18-30(26)36-35(29)37-31-19-9-15-25-14-8-17-28(33(25)31)34-27-16-6-4-12-24(27)20-21-32(34)37/h1-22H. The number of benzene rings is 6. The van der Waals surface area contributed by atoms with E-state index in [9.17, 15) is 0 Å². The lowest BCUT2D eigenvalue weighted by molar-refractivity contribution is 1.21. The zero-order chi connectivity index (χ0) is 24.3. The summed E-state index contributed by atoms with van der Waals surface area (Å²) in [5.74, 6) is 0.948. The van der Waals surface area contributed by atoms with E-state index in [-0.39, 0.29) is 0 Å². The average molecular weight is 471 g/mol. The largest absolute Gasteiger partial charge is 0.293 e. The van der Waals surface area contributed by atoms with E-state index in [1.807, 2.05) is 0 Å². The molecule has 1 aliphatic heterocycles. The molecular weight excluding hydrogens is 448 g/mol. The smallest absolute Gasteiger partial charge is 0.146 e. The highest BCUT2D eigenvalue weighted by atomic mass is 15.2. The lowest BCUT2D eigenvalue weighted by atomic mass is 9.87. The maximum Gasteiger partial charge on any atom is 0.146 e. The summed E-state index contributed by atoms with van der Waals surface area (Å²) in [5.41, 5.74) is 8.12. The molecule has 37 heavy (non-hydrogen) atoms. The number of aromatic nitrogens is 1. The average Bonchev–Trinajstić information content (AvgIpc) is 2.97. The molecule has 172 valence electrons. The van der Waals surface area contributed by atoms with Gasteiger partial charge in [-0.3, -0.25) is 4.90 Å². The van der Waals surface area contributed by atoms with E-state index in [4.69, 9.17) is 4.98 Å². The Morgan fingerprint density at radius 1 is 0.486 bits per heavy atom. The molecule has 1 aromatic heterocycles. The predicted molar refractivity (Wildman–Crippen MR) is 156 cm³/mol. The number of fused-ring (bicyclic) bond motifs is 5. The molecule has 0 unspecified atom stereocenters. The van der Waals surface area contributed by atoms with E-state index in [0.717, 1.165) is 39.2 Å². The number of hydrogen-bond donors (Lipinski definition) is 0. The van der Waals surface area contributed by atoms with Gasteiger partial charge in [-0.1, -0.05) is 109 Å². The number of anilines is 3. The van der Waals surface area contributed by atoms with Crippen LogP contribution in [0.5, 0.6) is 0 Å². The first-order chi connectivity index (χ1) is 18.4. The number of rotatable bonds is 2. The molecule has 0 saturated carbocycles. The zero-order valence-electron chi connectivity index (χ0n) is 20.1. The summed E-state index contributed by atoms with van der Waals surface area (Å²) in [6.07, 6.45) is 0. The van der Waals surface area contributed by atoms with Gasteiger partial charge in [-0.2, -0.15) is 0 Å². The highest BCUT2D eigenvalue weighted by molar-refractivity contribution is 6.19. The Morgan fingerprint density at radius 3 is 2.11 bits per heavy atom. The first-order valence-electron chi connectivity index (χ1n) is 12.7. The number of nitrogens with zero attached hydrogens (tertiary/aromatic N) is 2. The second kappa shape index (κ2) is 7.78. The number of pyridine rings is 1. The number of hydrogen-bond acceptors (Lipinski definition) is 2. The lowest BCUT2D eigenvalue weighted by Crippen LogP contribution is -2.17. The van der Waals surface area contributed by atoms with E-state index in [0.29, 0.717) is 0 Å². The van der Waals surface area contributed by atoms with Gasteiger partial charge < -0.3 is 0 Å². The van der Waals surface area contributed by atoms with Crippen molar-refractivity contribution in [3.05, 3.63) is 133 Å². The van der Waals surface area contributed by atoms with E-state index in [2.05, 4.69) is 138 Å². The maximum absolute atomic E-state index is 5.34. The fourth-order valence-electron chi connectivity index (χ4n) is 5.91. The molecule has 2 heterocycles. The zero-order valence-corrected chi connectivity index (χ0v) is 20.1. The molecule has 0 spiro atoms. The van der Waals surface area contributed by atoms with Gasteiger partial charge in [0.05, 0.1) is 16.9 Å². The van der Waals surface area contributed by atoms with Crippen LogP contribution in [0.25, 0.3) is 54.7 Å². The van der Waals surface area contributed by atoms with E-state index in [1.54, 1.807) is 0 Å². The van der Waals surface area contributed by atoms with Gasteiger partial charge in [-0.05, 0) is 51.6 Å². The van der Waals surface area contributed by atoms with Crippen LogP contribution >= 0.6 is 0 Å². The molecule has 2 nitrogen and oxygen atoms in total. The third-order valence-electron chi connectivity index (χ3n) is 7.54. The van der Waals surface area contributed by atoms with Crippen LogP contribution in [0.1, 0.15) is 0 Å². The molecule has 0 saturated heterocycles. The summed E-state index contributed by atoms with van der Waals surface area (Å²) in [7, 11) is 0. The molecule has 1 aliphatic rings. The van der Waals surface area contributed by atoms with Crippen LogP contribution in [0.2, 0.25) is 0 Å². The summed E-state index contributed by atoms with van der Waals surface area (Å²) in [6.45, 7) is 0. The molecule has 0 atom stereocenters. The van der Waals surface area contributed by atoms with Crippen molar-refractivity contribution in [3.63, 3.8) is 0 Å². The van der Waals surface area contributed by atoms with E-state index in [1.165, 1.54) is 32.7 Å². The molecule has 0 radical (unpaired) electrons. The normalized spacial score (nSPS) is 12.3. The Bertz CT molecular complexity index is 1980. The first-order valence-corrected chi connectivity index (χ1v) is 12.7. The minimum Gasteiger partial charge on any atom is -0.293 e. The van der Waals surface area contributed by atoms with Gasteiger partial charge in [-0.15, -0.1) is 0 Å². The van der Waals surface area contributed by atoms with Gasteiger partial charge in [0.25, 0.3) is 0 Å². The topological polar surface area (TPSA) is 16.1 Å². The van der Waals surface area contributed by atoms with E-state index < -0.39 is 0 Å². The summed E-state index contributed by atoms with van der Waals surface area (Å²) >= 11 is 0. The van der Waals surface area contributed by atoms with Crippen molar-refractivity contribution in [1.82, 2.24) is 4.98 Å². The van der Waals surface area contributed by atoms with Crippen LogP contribution in [0.3, 0.4) is 0 Å². The molecule has 0 fully saturated rings. The molecular formula is C35H22N2. The van der Waals surface area contributed by atoms with Crippen molar-refractivity contribution >= 4 is 49.6 Å². The predicted octanol–water partition coefficient (Wildman–Crippen LogP) is 9.66. The second-order valence-corrected chi connectivity index (χ2v) is 9.62. The molecule has 0 bridgehead atoms. The van der Waals surface area contributed by atoms with Gasteiger partial charge in [0.1, 0.15) is 5.82 Å². The van der Waals surface area contributed by atoms with Crippen molar-refractivity contribution in [1.29, 1.82) is 0 Å². The van der Waals surface area contributed by atoms with Crippen LogP contribution in [0.4, 0.5) is 17.2 Å². The molecule has 2 heteroatoms. The Morgan fingerprint density at radius 2 is 1.22 bits per heavy atom. The third-order valence-corrected chi connectivity index (χ3v) is 7.54. The van der Waals surface area contributed by atoms with Crippen molar-refractivity contribution in [2.75, 3.05) is 4.90 Å². The fourth-order valence-corrected chi connectivity index (χ4v) is 5.91. The SMILES string of the molecule is c1ccc(-c2cc3ccccc3nc2N2c3ccc4ccccc4c3-c3cccc4cccc2c34)cc1. The van der Waals surface area contributed by atoms with Gasteiger partial charge in [0.15, 0.2) is 0 Å². The minimum absolute atomic E-state index is 0.948. The van der Waals surface area contributed by atoms with Gasteiger partial charge >= 0.3 is 0 Å². The minimum atomic E-state index is 0.948. The molecule has 7 aromatic rings. The monoisotopic (exact) mass is 470 g/mol. The fraction of sp³-hybridized carbons (Fsp3) is 0. The van der Waals surface area contributed by atoms with Crippen LogP contribution in [-0.4, -0.2) is 4.98 Å². The Hall–Kier alpha value is -4.95. The summed E-state index contributed by atoms with van der Waals surface area (Å²) in [6, 6.07) is 47.7. The maximum atomic E-state index is 5.34. The van der Waals surface area contributed by atoms with Crippen molar-refractivity contribution in [3.8, 4) is 22.3 Å².